The summed E-state index contributed by atoms with van der Waals surface area (Å²) in [7, 11) is 0. The average molecular weight is 228 g/mol. The van der Waals surface area contributed by atoms with Gasteiger partial charge in [-0.05, 0) is 42.4 Å². The molecule has 0 amide bonds. The lowest BCUT2D eigenvalue weighted by Gasteiger charge is -2.16. The fourth-order valence-electron chi connectivity index (χ4n) is 2.82. The van der Waals surface area contributed by atoms with Gasteiger partial charge in [0.25, 0.3) is 0 Å². The molecule has 1 aliphatic carbocycles. The lowest BCUT2D eigenvalue weighted by Crippen LogP contribution is -2.08. The van der Waals surface area contributed by atoms with Crippen molar-refractivity contribution in [2.75, 3.05) is 0 Å². The minimum absolute atomic E-state index is 0.590. The second-order valence-corrected chi connectivity index (χ2v) is 5.76. The molecule has 1 heteroatoms. The maximum atomic E-state index is 6.00. The molecule has 1 heterocycles. The van der Waals surface area contributed by atoms with Crippen molar-refractivity contribution in [3.8, 4) is 0 Å². The van der Waals surface area contributed by atoms with Gasteiger partial charge in [0.2, 0.25) is 0 Å². The van der Waals surface area contributed by atoms with Crippen LogP contribution in [0.25, 0.3) is 11.0 Å². The van der Waals surface area contributed by atoms with Crippen molar-refractivity contribution < 1.29 is 4.42 Å². The van der Waals surface area contributed by atoms with Gasteiger partial charge in [-0.15, -0.1) is 0 Å². The van der Waals surface area contributed by atoms with Crippen LogP contribution in [0.15, 0.2) is 22.6 Å². The molecule has 0 saturated heterocycles. The fourth-order valence-corrected chi connectivity index (χ4v) is 2.82. The standard InChI is InChI=1S/C16H20O/c1-10(2)12-5-7-15-14(9-12)13-6-4-11(3)8-16(13)17-15/h5,7,9-11H,4,6,8H2,1-3H3. The van der Waals surface area contributed by atoms with Crippen LogP contribution in [-0.2, 0) is 12.8 Å². The Morgan fingerprint density at radius 3 is 2.88 bits per heavy atom. The molecule has 0 saturated carbocycles. The van der Waals surface area contributed by atoms with Crippen molar-refractivity contribution in [2.45, 2.75) is 46.0 Å². The number of rotatable bonds is 1. The first kappa shape index (κ1) is 10.9. The molecule has 1 aromatic heterocycles. The van der Waals surface area contributed by atoms with Crippen LogP contribution in [0.2, 0.25) is 0 Å². The zero-order valence-electron chi connectivity index (χ0n) is 10.9. The SMILES string of the molecule is CC1CCc2c(oc3ccc(C(C)C)cc23)C1. The van der Waals surface area contributed by atoms with Crippen molar-refractivity contribution in [2.24, 2.45) is 5.92 Å². The molecule has 2 aromatic rings. The molecule has 1 aliphatic rings. The fraction of sp³-hybridized carbons (Fsp3) is 0.500. The van der Waals surface area contributed by atoms with Crippen molar-refractivity contribution >= 4 is 11.0 Å². The van der Waals surface area contributed by atoms with Gasteiger partial charge in [-0.3, -0.25) is 0 Å². The summed E-state index contributed by atoms with van der Waals surface area (Å²) in [6.45, 7) is 6.81. The van der Waals surface area contributed by atoms with E-state index in [4.69, 9.17) is 4.42 Å². The van der Waals surface area contributed by atoms with Crippen molar-refractivity contribution in [1.29, 1.82) is 0 Å². The lowest BCUT2D eigenvalue weighted by molar-refractivity contribution is 0.426. The van der Waals surface area contributed by atoms with Crippen LogP contribution in [0.4, 0.5) is 0 Å². The van der Waals surface area contributed by atoms with E-state index in [0.717, 1.165) is 17.9 Å². The number of benzene rings is 1. The summed E-state index contributed by atoms with van der Waals surface area (Å²) in [6.07, 6.45) is 3.60. The van der Waals surface area contributed by atoms with E-state index in [9.17, 15) is 0 Å². The predicted octanol–water partition coefficient (Wildman–Crippen LogP) is 4.68. The van der Waals surface area contributed by atoms with E-state index in [1.54, 1.807) is 0 Å². The van der Waals surface area contributed by atoms with Gasteiger partial charge in [-0.1, -0.05) is 26.8 Å². The van der Waals surface area contributed by atoms with E-state index in [0.29, 0.717) is 5.92 Å². The summed E-state index contributed by atoms with van der Waals surface area (Å²) in [4.78, 5) is 0. The predicted molar refractivity (Wildman–Crippen MR) is 71.5 cm³/mol. The first-order valence-corrected chi connectivity index (χ1v) is 6.69. The monoisotopic (exact) mass is 228 g/mol. The van der Waals surface area contributed by atoms with Crippen LogP contribution in [0.1, 0.15) is 50.0 Å². The smallest absolute Gasteiger partial charge is 0.134 e. The van der Waals surface area contributed by atoms with E-state index in [1.165, 1.54) is 35.1 Å². The van der Waals surface area contributed by atoms with Crippen LogP contribution >= 0.6 is 0 Å². The maximum Gasteiger partial charge on any atom is 0.134 e. The van der Waals surface area contributed by atoms with Gasteiger partial charge in [-0.25, -0.2) is 0 Å². The molecule has 1 aromatic carbocycles. The highest BCUT2D eigenvalue weighted by Crippen LogP contribution is 2.35. The molecule has 1 nitrogen and oxygen atoms in total. The number of fused-ring (bicyclic) bond motifs is 3. The minimum Gasteiger partial charge on any atom is -0.461 e. The van der Waals surface area contributed by atoms with Gasteiger partial charge in [0.1, 0.15) is 11.3 Å². The van der Waals surface area contributed by atoms with E-state index >= 15 is 0 Å². The Balaban J connectivity index is 2.16. The molecule has 0 spiro atoms. The van der Waals surface area contributed by atoms with Crippen LogP contribution in [0.3, 0.4) is 0 Å². The Labute approximate surface area is 103 Å². The zero-order chi connectivity index (χ0) is 12.0. The molecule has 17 heavy (non-hydrogen) atoms. The number of hydrogen-bond acceptors (Lipinski definition) is 1. The van der Waals surface area contributed by atoms with Gasteiger partial charge in [0.05, 0.1) is 0 Å². The molecular weight excluding hydrogens is 208 g/mol. The van der Waals surface area contributed by atoms with Gasteiger partial charge >= 0.3 is 0 Å². The number of furan rings is 1. The molecule has 1 atom stereocenters. The normalized spacial score (nSPS) is 19.9. The van der Waals surface area contributed by atoms with Crippen LogP contribution in [0.5, 0.6) is 0 Å². The molecule has 0 radical (unpaired) electrons. The molecule has 1 unspecified atom stereocenters. The largest absolute Gasteiger partial charge is 0.461 e. The number of hydrogen-bond donors (Lipinski definition) is 0. The molecule has 3 rings (SSSR count). The Bertz CT molecular complexity index is 548. The molecule has 0 N–H and O–H groups in total. The Hall–Kier alpha value is -1.24. The molecule has 0 fully saturated rings. The highest BCUT2D eigenvalue weighted by molar-refractivity contribution is 5.83. The molecule has 0 aliphatic heterocycles. The topological polar surface area (TPSA) is 13.1 Å². The lowest BCUT2D eigenvalue weighted by atomic mass is 9.88. The van der Waals surface area contributed by atoms with E-state index in [1.807, 2.05) is 0 Å². The maximum absolute atomic E-state index is 6.00. The highest BCUT2D eigenvalue weighted by Gasteiger charge is 2.21. The van der Waals surface area contributed by atoms with Gasteiger partial charge in [-0.2, -0.15) is 0 Å². The van der Waals surface area contributed by atoms with Crippen LogP contribution < -0.4 is 0 Å². The van der Waals surface area contributed by atoms with E-state index in [-0.39, 0.29) is 0 Å². The third kappa shape index (κ3) is 1.78. The summed E-state index contributed by atoms with van der Waals surface area (Å²) in [5.41, 5.74) is 3.97. The van der Waals surface area contributed by atoms with Crippen LogP contribution in [0, 0.1) is 5.92 Å². The molecule has 90 valence electrons. The van der Waals surface area contributed by atoms with E-state index < -0.39 is 0 Å². The summed E-state index contributed by atoms with van der Waals surface area (Å²) < 4.78 is 6.00. The first-order valence-electron chi connectivity index (χ1n) is 6.69. The first-order chi connectivity index (χ1) is 8.15. The zero-order valence-corrected chi connectivity index (χ0v) is 10.9. The molecular formula is C16H20O. The average Bonchev–Trinajstić information content (AvgIpc) is 2.64. The Morgan fingerprint density at radius 1 is 1.29 bits per heavy atom. The van der Waals surface area contributed by atoms with Gasteiger partial charge in [0, 0.05) is 17.4 Å². The van der Waals surface area contributed by atoms with E-state index in [2.05, 4.69) is 39.0 Å². The third-order valence-corrected chi connectivity index (χ3v) is 3.99. The van der Waals surface area contributed by atoms with Gasteiger partial charge < -0.3 is 4.42 Å². The Morgan fingerprint density at radius 2 is 2.12 bits per heavy atom. The molecule has 0 bridgehead atoms. The summed E-state index contributed by atoms with van der Waals surface area (Å²) in [5.74, 6) is 2.60. The van der Waals surface area contributed by atoms with Crippen molar-refractivity contribution in [3.05, 3.63) is 35.1 Å². The third-order valence-electron chi connectivity index (χ3n) is 3.99. The Kier molecular flexibility index (Phi) is 2.50. The van der Waals surface area contributed by atoms with Crippen LogP contribution in [-0.4, -0.2) is 0 Å². The van der Waals surface area contributed by atoms with Gasteiger partial charge in [0.15, 0.2) is 0 Å². The second-order valence-electron chi connectivity index (χ2n) is 5.76. The second kappa shape index (κ2) is 3.90. The van der Waals surface area contributed by atoms with Crippen molar-refractivity contribution in [1.82, 2.24) is 0 Å². The minimum atomic E-state index is 0.590. The summed E-state index contributed by atoms with van der Waals surface area (Å²) >= 11 is 0. The van der Waals surface area contributed by atoms with Crippen molar-refractivity contribution in [3.63, 3.8) is 0 Å². The highest BCUT2D eigenvalue weighted by atomic mass is 16.3. The number of aryl methyl sites for hydroxylation is 1. The summed E-state index contributed by atoms with van der Waals surface area (Å²) in [6, 6.07) is 6.68. The quantitative estimate of drug-likeness (QED) is 0.690. The summed E-state index contributed by atoms with van der Waals surface area (Å²) in [5, 5.41) is 1.36.